The van der Waals surface area contributed by atoms with Gasteiger partial charge in [0.05, 0.1) is 19.5 Å². The van der Waals surface area contributed by atoms with Crippen molar-refractivity contribution in [2.45, 2.75) is 63.8 Å². The van der Waals surface area contributed by atoms with Gasteiger partial charge in [-0.1, -0.05) is 68.1 Å². The highest BCUT2D eigenvalue weighted by Crippen LogP contribution is 2.61. The number of nitrogen functional groups attached to an aromatic ring is 1. The highest BCUT2D eigenvalue weighted by molar-refractivity contribution is 8.13. The molecule has 4 aromatic rings. The fourth-order valence-corrected chi connectivity index (χ4v) is 10.1. The van der Waals surface area contributed by atoms with Crippen molar-refractivity contribution in [1.82, 2.24) is 30.2 Å². The van der Waals surface area contributed by atoms with Crippen LogP contribution < -0.4 is 21.5 Å². The number of aromatic nitrogens is 4. The lowest BCUT2D eigenvalue weighted by Gasteiger charge is -2.30. The van der Waals surface area contributed by atoms with Crippen molar-refractivity contribution in [3.8, 4) is 0 Å². The Kier molecular flexibility index (Phi) is 17.7. The van der Waals surface area contributed by atoms with Gasteiger partial charge in [0.1, 0.15) is 36.3 Å². The normalized spacial score (nSPS) is 20.6. The molecular formula is C36H47N7O19P3S-. The number of nitrogens with one attached hydrogen (secondary N) is 2. The number of aliphatic hydroxyl groups excluding tert-OH is 2. The first kappa shape index (κ1) is 52.7. The Hall–Kier alpha value is -4.27. The fraction of sp³-hybridized carbons (Fsp3) is 0.472. The molecule has 0 saturated carbocycles. The molecule has 1 aliphatic rings. The summed E-state index contributed by atoms with van der Waals surface area (Å²) in [5, 5.41) is 39.4. The molecule has 26 nitrogen and oxygen atoms in total. The molecule has 3 heterocycles. The first-order valence-corrected chi connectivity index (χ1v) is 25.1. The number of carboxylic acids is 1. The van der Waals surface area contributed by atoms with E-state index in [0.29, 0.717) is 0 Å². The molecule has 1 saturated heterocycles. The lowest BCUT2D eigenvalue weighted by molar-refractivity contribution is -0.306. The van der Waals surface area contributed by atoms with Crippen LogP contribution in [0.25, 0.3) is 21.9 Å². The van der Waals surface area contributed by atoms with Crippen LogP contribution >= 0.6 is 35.2 Å². The molecule has 2 aromatic carbocycles. The zero-order valence-corrected chi connectivity index (χ0v) is 38.4. The highest BCUT2D eigenvalue weighted by atomic mass is 32.2. The number of aliphatic carboxylic acids is 1. The second-order valence-electron chi connectivity index (χ2n) is 15.4. The summed E-state index contributed by atoms with van der Waals surface area (Å²) >= 11 is 0.852. The van der Waals surface area contributed by atoms with E-state index in [1.165, 1.54) is 13.8 Å². The first-order valence-electron chi connectivity index (χ1n) is 19.6. The highest BCUT2D eigenvalue weighted by Gasteiger charge is 2.50. The van der Waals surface area contributed by atoms with Gasteiger partial charge in [-0.05, 0) is 29.2 Å². The van der Waals surface area contributed by atoms with E-state index in [1.54, 1.807) is 0 Å². The molecule has 0 spiro atoms. The minimum atomic E-state index is -5.61. The number of hydrogen-bond donors (Lipinski definition) is 9. The van der Waals surface area contributed by atoms with Crippen LogP contribution in [0.15, 0.2) is 55.1 Å². The molecule has 0 aliphatic carbocycles. The van der Waals surface area contributed by atoms with Crippen LogP contribution in [0.3, 0.4) is 0 Å². The van der Waals surface area contributed by atoms with E-state index in [1.807, 2.05) is 42.5 Å². The lowest BCUT2D eigenvalue weighted by atomic mass is 9.87. The Bertz CT molecular complexity index is 2550. The molecular weight excluding hydrogens is 959 g/mol. The number of phosphoric acid groups is 3. The molecule has 10 N–H and O–H groups in total. The maximum absolute atomic E-state index is 12.9. The Morgan fingerprint density at radius 2 is 1.68 bits per heavy atom. The van der Waals surface area contributed by atoms with E-state index < -0.39 is 108 Å². The van der Waals surface area contributed by atoms with Gasteiger partial charge >= 0.3 is 23.5 Å². The molecule has 0 radical (unpaired) electrons. The molecule has 30 heteroatoms. The Morgan fingerprint density at radius 1 is 0.985 bits per heavy atom. The number of aliphatic hydroxyl groups is 2. The fourth-order valence-electron chi connectivity index (χ4n) is 6.49. The van der Waals surface area contributed by atoms with Crippen molar-refractivity contribution < 1.29 is 90.4 Å². The summed E-state index contributed by atoms with van der Waals surface area (Å²) in [5.41, 5.74) is 4.97. The number of fused-ring (bicyclic) bond motifs is 2. The number of amides is 2. The number of ether oxygens (including phenoxy) is 1. The Morgan fingerprint density at radius 3 is 2.38 bits per heavy atom. The third-order valence-electron chi connectivity index (χ3n) is 9.79. The molecule has 66 heavy (non-hydrogen) atoms. The number of anilines is 1. The van der Waals surface area contributed by atoms with Crippen LogP contribution in [0.2, 0.25) is 0 Å². The van der Waals surface area contributed by atoms with Crippen molar-refractivity contribution in [2.24, 2.45) is 11.3 Å². The predicted molar refractivity (Wildman–Crippen MR) is 228 cm³/mol. The van der Waals surface area contributed by atoms with E-state index in [4.69, 9.17) is 19.5 Å². The molecule has 5 rings (SSSR count). The number of thioether (sulfide) groups is 1. The number of hydrogen-bond acceptors (Lipinski definition) is 20. The molecule has 2 amide bonds. The van der Waals surface area contributed by atoms with Crippen LogP contribution in [0.5, 0.6) is 0 Å². The second kappa shape index (κ2) is 22.2. The van der Waals surface area contributed by atoms with Crippen LogP contribution in [0, 0.1) is 11.3 Å². The number of carbonyl (C=O) groups excluding carboxylic acids is 4. The summed E-state index contributed by atoms with van der Waals surface area (Å²) < 4.78 is 62.4. The van der Waals surface area contributed by atoms with Gasteiger partial charge in [-0.3, -0.25) is 32.5 Å². The molecule has 3 unspecified atom stereocenters. The second-order valence-corrected chi connectivity index (χ2v) is 20.7. The van der Waals surface area contributed by atoms with Crippen molar-refractivity contribution in [2.75, 3.05) is 37.8 Å². The number of rotatable bonds is 24. The van der Waals surface area contributed by atoms with E-state index in [2.05, 4.69) is 34.4 Å². The summed E-state index contributed by atoms with van der Waals surface area (Å²) in [7, 11) is -16.5. The molecule has 362 valence electrons. The van der Waals surface area contributed by atoms with E-state index in [-0.39, 0.29) is 48.7 Å². The maximum Gasteiger partial charge on any atom is 0.481 e. The van der Waals surface area contributed by atoms with Gasteiger partial charge in [-0.15, -0.1) is 0 Å². The lowest BCUT2D eigenvalue weighted by Crippen LogP contribution is -2.46. The zero-order valence-electron chi connectivity index (χ0n) is 34.9. The molecule has 1 fully saturated rings. The topological polar surface area (TPSA) is 404 Å². The monoisotopic (exact) mass is 1010 g/mol. The van der Waals surface area contributed by atoms with Crippen molar-refractivity contribution >= 4 is 85.9 Å². The molecule has 0 bridgehead atoms. The van der Waals surface area contributed by atoms with Gasteiger partial charge in [-0.25, -0.2) is 28.6 Å². The number of nitrogens with zero attached hydrogens (tertiary/aromatic N) is 4. The van der Waals surface area contributed by atoms with Crippen molar-refractivity contribution in [3.05, 3.63) is 60.7 Å². The standard InChI is InChI=1S/C36H48N7O19P3S/c1-36(2,30(48)33(49)39-10-9-25(44)38-11-12-66-35(50)23(15-26(45)46)14-20-7-8-21-5-3-4-6-22(21)13-20)17-59-65(56,57)62-64(54,55)58-16-24-29(61-63(51,52)53)28(47)34(60-24)43-19-42-27-31(37)40-18-41-32(27)43/h3-8,13,18-19,23-24,28-30,34,47-48H,9-12,14-17H2,1-2H3,(H,38,44)(H,39,49)(H,45,46)(H,54,55)(H,56,57)(H2,37,40,41)(H2,51,52,53)/p-1/t23?,24-,28-,29-,30+,34-/m1/s1. The minimum absolute atomic E-state index is 0.0163. The molecule has 8 atom stereocenters. The SMILES string of the molecule is CC(C)(COP(=O)(O)OP(=O)(O)OC[C@H]1O[C@@H](n2cnc3c(N)ncnc32)[C@H](O)[C@@H]1OP(=O)(O)O)[C@@H](O)C(=O)NCCC(=O)NCCSC(=O)C(CC(=O)[O-])Cc1ccc2ccccc2c1. The van der Waals surface area contributed by atoms with Crippen LogP contribution in [0.4, 0.5) is 5.82 Å². The summed E-state index contributed by atoms with van der Waals surface area (Å²) in [6, 6.07) is 13.2. The van der Waals surface area contributed by atoms with Crippen LogP contribution in [-0.4, -0.2) is 129 Å². The maximum atomic E-state index is 12.9. The van der Waals surface area contributed by atoms with Crippen molar-refractivity contribution in [3.63, 3.8) is 0 Å². The summed E-state index contributed by atoms with van der Waals surface area (Å²) in [6.07, 6.45) is -7.49. The number of nitrogens with two attached hydrogens (primary N) is 1. The third-order valence-corrected chi connectivity index (χ3v) is 13.9. The quantitative estimate of drug-likeness (QED) is 0.0325. The predicted octanol–water partition coefficient (Wildman–Crippen LogP) is -0.183. The van der Waals surface area contributed by atoms with Crippen molar-refractivity contribution in [1.29, 1.82) is 0 Å². The number of imidazole rings is 1. The van der Waals surface area contributed by atoms with Gasteiger partial charge in [0.2, 0.25) is 11.8 Å². The van der Waals surface area contributed by atoms with Gasteiger partial charge in [0.15, 0.2) is 22.8 Å². The zero-order chi connectivity index (χ0) is 48.6. The van der Waals surface area contributed by atoms with Gasteiger partial charge in [-0.2, -0.15) is 4.31 Å². The summed E-state index contributed by atoms with van der Waals surface area (Å²) in [6.45, 7) is 0.115. The Balaban J connectivity index is 1.03. The number of phosphoric ester groups is 3. The number of carbonyl (C=O) groups is 4. The van der Waals surface area contributed by atoms with Gasteiger partial charge < -0.3 is 60.8 Å². The largest absolute Gasteiger partial charge is 0.550 e. The van der Waals surface area contributed by atoms with E-state index in [0.717, 1.165) is 45.3 Å². The number of carboxylic acid groups (broad SMARTS) is 1. The Labute approximate surface area is 379 Å². The average Bonchev–Trinajstić information content (AvgIpc) is 3.79. The van der Waals surface area contributed by atoms with Gasteiger partial charge in [0, 0.05) is 42.6 Å². The molecule has 2 aromatic heterocycles. The minimum Gasteiger partial charge on any atom is -0.550 e. The summed E-state index contributed by atoms with van der Waals surface area (Å²) in [4.78, 5) is 101. The third kappa shape index (κ3) is 14.9. The van der Waals surface area contributed by atoms with E-state index in [9.17, 15) is 67.8 Å². The van der Waals surface area contributed by atoms with Gasteiger partial charge in [0.25, 0.3) is 0 Å². The van der Waals surface area contributed by atoms with Crippen LogP contribution in [-0.2, 0) is 61.9 Å². The number of benzene rings is 2. The smallest absolute Gasteiger partial charge is 0.481 e. The first-order chi connectivity index (χ1) is 30.8. The molecule has 1 aliphatic heterocycles. The van der Waals surface area contributed by atoms with E-state index >= 15 is 0 Å². The summed E-state index contributed by atoms with van der Waals surface area (Å²) in [5.74, 6) is -3.75. The van der Waals surface area contributed by atoms with Crippen LogP contribution in [0.1, 0.15) is 38.5 Å². The average molecular weight is 1010 g/mol.